The number of thiazole rings is 1. The Bertz CT molecular complexity index is 489. The minimum Gasteiger partial charge on any atom is -0.354 e. The normalized spacial score (nSPS) is 20.6. The standard InChI is InChI=1S/C16H25N3OS/c1-13-12-21-14(18-13)6-2-3-9-17-15(20)16-7-4-10-19(16)11-5-8-16/h12H,2-11H2,1H3,(H,17,20). The zero-order valence-electron chi connectivity index (χ0n) is 12.9. The van der Waals surface area contributed by atoms with Gasteiger partial charge in [0.15, 0.2) is 0 Å². The highest BCUT2D eigenvalue weighted by Crippen LogP contribution is 2.38. The summed E-state index contributed by atoms with van der Waals surface area (Å²) < 4.78 is 0. The van der Waals surface area contributed by atoms with Crippen LogP contribution in [-0.4, -0.2) is 41.0 Å². The molecular formula is C16H25N3OS. The van der Waals surface area contributed by atoms with Gasteiger partial charge in [0, 0.05) is 17.6 Å². The summed E-state index contributed by atoms with van der Waals surface area (Å²) >= 11 is 1.74. The van der Waals surface area contributed by atoms with Gasteiger partial charge in [0.05, 0.1) is 5.01 Å². The minimum atomic E-state index is -0.146. The third-order valence-corrected chi connectivity index (χ3v) is 5.86. The Morgan fingerprint density at radius 1 is 1.38 bits per heavy atom. The van der Waals surface area contributed by atoms with Gasteiger partial charge in [0.1, 0.15) is 5.54 Å². The maximum atomic E-state index is 12.5. The zero-order valence-corrected chi connectivity index (χ0v) is 13.7. The van der Waals surface area contributed by atoms with E-state index in [0.29, 0.717) is 0 Å². The molecule has 2 fully saturated rings. The molecule has 3 rings (SSSR count). The highest BCUT2D eigenvalue weighted by atomic mass is 32.1. The number of carbonyl (C=O) groups excluding carboxylic acids is 1. The van der Waals surface area contributed by atoms with Crippen LogP contribution in [0.1, 0.15) is 49.2 Å². The summed E-state index contributed by atoms with van der Waals surface area (Å²) in [6.45, 7) is 5.06. The molecule has 1 aromatic rings. The summed E-state index contributed by atoms with van der Waals surface area (Å²) in [4.78, 5) is 19.4. The molecule has 3 heterocycles. The van der Waals surface area contributed by atoms with Crippen LogP contribution in [0, 0.1) is 6.92 Å². The third kappa shape index (κ3) is 3.14. The summed E-state index contributed by atoms with van der Waals surface area (Å²) in [5.74, 6) is 0.280. The van der Waals surface area contributed by atoms with Crippen LogP contribution in [0.4, 0.5) is 0 Å². The van der Waals surface area contributed by atoms with Crippen LogP contribution in [0.5, 0.6) is 0 Å². The van der Waals surface area contributed by atoms with Crippen molar-refractivity contribution < 1.29 is 4.79 Å². The Morgan fingerprint density at radius 3 is 2.81 bits per heavy atom. The van der Waals surface area contributed by atoms with Crippen LogP contribution < -0.4 is 5.32 Å². The summed E-state index contributed by atoms with van der Waals surface area (Å²) in [7, 11) is 0. The predicted octanol–water partition coefficient (Wildman–Crippen LogP) is 2.52. The zero-order chi connectivity index (χ0) is 14.7. The number of aryl methyl sites for hydroxylation is 2. The molecule has 0 radical (unpaired) electrons. The molecule has 0 spiro atoms. The molecule has 0 bridgehead atoms. The van der Waals surface area contributed by atoms with E-state index in [0.717, 1.165) is 57.4 Å². The fraction of sp³-hybridized carbons (Fsp3) is 0.750. The van der Waals surface area contributed by atoms with Crippen LogP contribution >= 0.6 is 11.3 Å². The van der Waals surface area contributed by atoms with Gasteiger partial charge in [-0.05, 0) is 65.0 Å². The summed E-state index contributed by atoms with van der Waals surface area (Å²) in [6.07, 6.45) is 7.64. The van der Waals surface area contributed by atoms with Crippen LogP contribution in [0.2, 0.25) is 0 Å². The number of fused-ring (bicyclic) bond motifs is 1. The maximum Gasteiger partial charge on any atom is 0.240 e. The van der Waals surface area contributed by atoms with Crippen molar-refractivity contribution in [2.75, 3.05) is 19.6 Å². The molecule has 0 aliphatic carbocycles. The van der Waals surface area contributed by atoms with Gasteiger partial charge in [-0.3, -0.25) is 9.69 Å². The first-order valence-electron chi connectivity index (χ1n) is 8.15. The Balaban J connectivity index is 1.38. The van der Waals surface area contributed by atoms with Gasteiger partial charge < -0.3 is 5.32 Å². The largest absolute Gasteiger partial charge is 0.354 e. The minimum absolute atomic E-state index is 0.146. The number of rotatable bonds is 6. The molecule has 4 nitrogen and oxygen atoms in total. The number of nitrogens with one attached hydrogen (secondary N) is 1. The molecular weight excluding hydrogens is 282 g/mol. The lowest BCUT2D eigenvalue weighted by Gasteiger charge is -2.30. The lowest BCUT2D eigenvalue weighted by atomic mass is 9.93. The van der Waals surface area contributed by atoms with Crippen molar-refractivity contribution in [1.29, 1.82) is 0 Å². The molecule has 116 valence electrons. The predicted molar refractivity (Wildman–Crippen MR) is 85.6 cm³/mol. The quantitative estimate of drug-likeness (QED) is 0.821. The van der Waals surface area contributed by atoms with Gasteiger partial charge in [0.25, 0.3) is 0 Å². The highest BCUT2D eigenvalue weighted by molar-refractivity contribution is 7.09. The molecule has 1 aromatic heterocycles. The fourth-order valence-corrected chi connectivity index (χ4v) is 4.58. The summed E-state index contributed by atoms with van der Waals surface area (Å²) in [6, 6.07) is 0. The first-order valence-corrected chi connectivity index (χ1v) is 9.03. The van der Waals surface area contributed by atoms with E-state index in [1.54, 1.807) is 11.3 Å². The topological polar surface area (TPSA) is 45.2 Å². The number of aromatic nitrogens is 1. The van der Waals surface area contributed by atoms with E-state index in [2.05, 4.69) is 20.6 Å². The van der Waals surface area contributed by atoms with E-state index in [4.69, 9.17) is 0 Å². The molecule has 1 N–H and O–H groups in total. The van der Waals surface area contributed by atoms with Gasteiger partial charge in [-0.25, -0.2) is 4.98 Å². The molecule has 0 unspecified atom stereocenters. The molecule has 1 amide bonds. The lowest BCUT2D eigenvalue weighted by molar-refractivity contribution is -0.130. The molecule has 21 heavy (non-hydrogen) atoms. The number of hydrogen-bond acceptors (Lipinski definition) is 4. The average molecular weight is 307 g/mol. The Hall–Kier alpha value is -0.940. The van der Waals surface area contributed by atoms with E-state index in [1.807, 2.05) is 6.92 Å². The molecule has 0 atom stereocenters. The third-order valence-electron chi connectivity index (χ3n) is 4.83. The monoisotopic (exact) mass is 307 g/mol. The second-order valence-corrected chi connectivity index (χ2v) is 7.26. The van der Waals surface area contributed by atoms with E-state index < -0.39 is 0 Å². The van der Waals surface area contributed by atoms with E-state index in [1.165, 1.54) is 17.8 Å². The SMILES string of the molecule is Cc1csc(CCCCNC(=O)C23CCCN2CCC3)n1. The number of hydrogen-bond donors (Lipinski definition) is 1. The van der Waals surface area contributed by atoms with Gasteiger partial charge in [-0.15, -0.1) is 11.3 Å². The molecule has 0 saturated carbocycles. The molecule has 2 aliphatic heterocycles. The number of nitrogens with zero attached hydrogens (tertiary/aromatic N) is 2. The van der Waals surface area contributed by atoms with Crippen LogP contribution in [0.15, 0.2) is 5.38 Å². The van der Waals surface area contributed by atoms with E-state index in [9.17, 15) is 4.79 Å². The second kappa shape index (κ2) is 6.44. The van der Waals surface area contributed by atoms with Crippen molar-refractivity contribution in [3.63, 3.8) is 0 Å². The molecule has 2 saturated heterocycles. The summed E-state index contributed by atoms with van der Waals surface area (Å²) in [5, 5.41) is 6.50. The van der Waals surface area contributed by atoms with Crippen molar-refractivity contribution in [1.82, 2.24) is 15.2 Å². The number of unbranched alkanes of at least 4 members (excludes halogenated alkanes) is 1. The lowest BCUT2D eigenvalue weighted by Crippen LogP contribution is -2.52. The van der Waals surface area contributed by atoms with Crippen molar-refractivity contribution in [3.8, 4) is 0 Å². The first kappa shape index (κ1) is 15.0. The van der Waals surface area contributed by atoms with Crippen molar-refractivity contribution in [2.45, 2.75) is 57.4 Å². The van der Waals surface area contributed by atoms with Gasteiger partial charge in [0.2, 0.25) is 5.91 Å². The second-order valence-electron chi connectivity index (χ2n) is 6.32. The van der Waals surface area contributed by atoms with E-state index in [-0.39, 0.29) is 11.4 Å². The molecule has 0 aromatic carbocycles. The fourth-order valence-electron chi connectivity index (χ4n) is 3.76. The Labute approximate surface area is 130 Å². The average Bonchev–Trinajstić information content (AvgIpc) is 3.13. The Morgan fingerprint density at radius 2 is 2.14 bits per heavy atom. The number of carbonyl (C=O) groups is 1. The van der Waals surface area contributed by atoms with Crippen LogP contribution in [0.25, 0.3) is 0 Å². The maximum absolute atomic E-state index is 12.5. The van der Waals surface area contributed by atoms with E-state index >= 15 is 0 Å². The van der Waals surface area contributed by atoms with Crippen molar-refractivity contribution in [2.24, 2.45) is 0 Å². The van der Waals surface area contributed by atoms with Crippen LogP contribution in [-0.2, 0) is 11.2 Å². The number of amides is 1. The summed E-state index contributed by atoms with van der Waals surface area (Å²) in [5.41, 5.74) is 0.969. The van der Waals surface area contributed by atoms with Gasteiger partial charge in [-0.1, -0.05) is 0 Å². The van der Waals surface area contributed by atoms with Crippen molar-refractivity contribution >= 4 is 17.2 Å². The first-order chi connectivity index (χ1) is 10.2. The smallest absolute Gasteiger partial charge is 0.240 e. The van der Waals surface area contributed by atoms with Crippen LogP contribution in [0.3, 0.4) is 0 Å². The highest BCUT2D eigenvalue weighted by Gasteiger charge is 2.49. The molecule has 5 heteroatoms. The Kier molecular flexibility index (Phi) is 4.60. The molecule has 2 aliphatic rings. The van der Waals surface area contributed by atoms with Gasteiger partial charge >= 0.3 is 0 Å². The van der Waals surface area contributed by atoms with Gasteiger partial charge in [-0.2, -0.15) is 0 Å². The van der Waals surface area contributed by atoms with Crippen molar-refractivity contribution in [3.05, 3.63) is 16.1 Å².